The number of carbonyl (C=O) groups is 1. The minimum absolute atomic E-state index is 0.155. The highest BCUT2D eigenvalue weighted by Crippen LogP contribution is 2.21. The molecule has 2 amide bonds. The Morgan fingerprint density at radius 1 is 1.24 bits per heavy atom. The fraction of sp³-hybridized carbons (Fsp3) is 0.385. The van der Waals surface area contributed by atoms with Gasteiger partial charge in [-0.15, -0.1) is 0 Å². The lowest BCUT2D eigenvalue weighted by atomic mass is 10.1. The molecule has 1 aliphatic rings. The quantitative estimate of drug-likeness (QED) is 0.563. The number of likely N-dealkylation sites (N-methyl/N-ethyl adjacent to an activating group) is 1. The molecule has 0 radical (unpaired) electrons. The number of hydrogen-bond acceptors (Lipinski definition) is 4. The molecule has 0 bridgehead atoms. The minimum Gasteiger partial charge on any atom is -0.497 e. The molecule has 1 unspecified atom stereocenters. The second-order valence-corrected chi connectivity index (χ2v) is 8.63. The molecule has 7 nitrogen and oxygen atoms in total. The van der Waals surface area contributed by atoms with E-state index in [1.54, 1.807) is 12.0 Å². The second kappa shape index (κ2) is 10.1. The van der Waals surface area contributed by atoms with Gasteiger partial charge in [0.1, 0.15) is 5.75 Å². The summed E-state index contributed by atoms with van der Waals surface area (Å²) in [6, 6.07) is 15.2. The van der Waals surface area contributed by atoms with Crippen molar-refractivity contribution in [2.24, 2.45) is 0 Å². The van der Waals surface area contributed by atoms with Crippen molar-refractivity contribution < 1.29 is 9.53 Å². The number of H-pyrrole nitrogens is 1. The lowest BCUT2D eigenvalue weighted by molar-refractivity contribution is 0.174. The first kappa shape index (κ1) is 22.9. The molecule has 1 aromatic heterocycles. The number of methoxy groups -OCH3 is 1. The maximum Gasteiger partial charge on any atom is 0.322 e. The van der Waals surface area contributed by atoms with Crippen LogP contribution in [0, 0.1) is 6.92 Å². The van der Waals surface area contributed by atoms with Crippen LogP contribution in [-0.4, -0.2) is 53.6 Å². The van der Waals surface area contributed by atoms with Crippen LogP contribution in [0.25, 0.3) is 10.9 Å². The van der Waals surface area contributed by atoms with E-state index in [1.807, 2.05) is 55.5 Å². The van der Waals surface area contributed by atoms with E-state index in [4.69, 9.17) is 4.74 Å². The van der Waals surface area contributed by atoms with Gasteiger partial charge in [-0.05, 0) is 74.1 Å². The number of rotatable bonds is 7. The summed E-state index contributed by atoms with van der Waals surface area (Å²) in [5.74, 6) is 0.729. The number of hydrogen-bond donors (Lipinski definition) is 2. The largest absolute Gasteiger partial charge is 0.497 e. The lowest BCUT2D eigenvalue weighted by Crippen LogP contribution is -2.45. The minimum atomic E-state index is -0.216. The monoisotopic (exact) mass is 448 g/mol. The first-order valence-electron chi connectivity index (χ1n) is 11.5. The van der Waals surface area contributed by atoms with Crippen molar-refractivity contribution in [3.05, 3.63) is 70.0 Å². The van der Waals surface area contributed by atoms with E-state index in [-0.39, 0.29) is 18.1 Å². The number of carbonyl (C=O) groups excluding carboxylic acids is 1. The predicted molar refractivity (Wildman–Crippen MR) is 132 cm³/mol. The fourth-order valence-corrected chi connectivity index (χ4v) is 4.62. The van der Waals surface area contributed by atoms with Gasteiger partial charge in [0.05, 0.1) is 19.2 Å². The van der Waals surface area contributed by atoms with Gasteiger partial charge in [0.15, 0.2) is 0 Å². The molecule has 1 aliphatic heterocycles. The van der Waals surface area contributed by atoms with E-state index in [0.717, 1.165) is 48.1 Å². The molecular weight excluding hydrogens is 416 g/mol. The van der Waals surface area contributed by atoms with Gasteiger partial charge in [-0.3, -0.25) is 9.69 Å². The van der Waals surface area contributed by atoms with Crippen molar-refractivity contribution in [1.82, 2.24) is 14.8 Å². The van der Waals surface area contributed by atoms with Gasteiger partial charge in [-0.2, -0.15) is 0 Å². The number of nitrogens with one attached hydrogen (secondary N) is 2. The number of amides is 2. The molecule has 174 valence electrons. The Kier molecular flexibility index (Phi) is 6.99. The first-order valence-corrected chi connectivity index (χ1v) is 11.5. The number of aromatic nitrogens is 1. The summed E-state index contributed by atoms with van der Waals surface area (Å²) in [5.41, 5.74) is 2.98. The van der Waals surface area contributed by atoms with E-state index in [9.17, 15) is 9.59 Å². The van der Waals surface area contributed by atoms with Gasteiger partial charge >= 0.3 is 6.03 Å². The Labute approximate surface area is 194 Å². The second-order valence-electron chi connectivity index (χ2n) is 8.63. The Balaban J connectivity index is 1.60. The molecule has 2 N–H and O–H groups in total. The smallest absolute Gasteiger partial charge is 0.322 e. The summed E-state index contributed by atoms with van der Waals surface area (Å²) in [7, 11) is 1.61. The SMILES string of the molecule is CCN1CCCC1CN(Cc1cc2cccc(C)c2[nH]c1=O)C(=O)Nc1ccc(OC)cc1. The Morgan fingerprint density at radius 2 is 2.03 bits per heavy atom. The number of anilines is 1. The van der Waals surface area contributed by atoms with Crippen molar-refractivity contribution in [2.45, 2.75) is 39.3 Å². The summed E-state index contributed by atoms with van der Waals surface area (Å²) < 4.78 is 5.20. The molecule has 2 aromatic carbocycles. The molecule has 33 heavy (non-hydrogen) atoms. The average Bonchev–Trinajstić information content (AvgIpc) is 3.27. The molecule has 0 spiro atoms. The zero-order chi connectivity index (χ0) is 23.4. The van der Waals surface area contributed by atoms with E-state index in [1.165, 1.54) is 0 Å². The van der Waals surface area contributed by atoms with Gasteiger partial charge in [0.25, 0.3) is 5.56 Å². The Bertz CT molecular complexity index is 1170. The topological polar surface area (TPSA) is 77.7 Å². The van der Waals surface area contributed by atoms with Gasteiger partial charge in [-0.25, -0.2) is 4.79 Å². The number of fused-ring (bicyclic) bond motifs is 1. The summed E-state index contributed by atoms with van der Waals surface area (Å²) in [4.78, 5) is 33.4. The molecule has 2 heterocycles. The van der Waals surface area contributed by atoms with Crippen LogP contribution < -0.4 is 15.6 Å². The first-order chi connectivity index (χ1) is 16.0. The molecule has 3 aromatic rings. The predicted octanol–water partition coefficient (Wildman–Crippen LogP) is 4.36. The van der Waals surface area contributed by atoms with Crippen LogP contribution in [0.3, 0.4) is 0 Å². The molecule has 7 heteroatoms. The number of ether oxygens (including phenoxy) is 1. The van der Waals surface area contributed by atoms with E-state index in [0.29, 0.717) is 23.8 Å². The summed E-state index contributed by atoms with van der Waals surface area (Å²) in [5, 5.41) is 3.96. The lowest BCUT2D eigenvalue weighted by Gasteiger charge is -2.30. The maximum absolute atomic E-state index is 13.3. The van der Waals surface area contributed by atoms with Gasteiger partial charge in [0.2, 0.25) is 0 Å². The molecule has 4 rings (SSSR count). The van der Waals surface area contributed by atoms with Gasteiger partial charge in [-0.1, -0.05) is 25.1 Å². The number of para-hydroxylation sites is 1. The number of pyridine rings is 1. The molecule has 0 aliphatic carbocycles. The van der Waals surface area contributed by atoms with Crippen LogP contribution in [0.15, 0.2) is 53.3 Å². The Morgan fingerprint density at radius 3 is 2.76 bits per heavy atom. The number of likely N-dealkylation sites (tertiary alicyclic amines) is 1. The third-order valence-electron chi connectivity index (χ3n) is 6.49. The highest BCUT2D eigenvalue weighted by molar-refractivity contribution is 5.89. The van der Waals surface area contributed by atoms with Crippen molar-refractivity contribution in [3.8, 4) is 5.75 Å². The number of aryl methyl sites for hydroxylation is 1. The fourth-order valence-electron chi connectivity index (χ4n) is 4.62. The van der Waals surface area contributed by atoms with Crippen molar-refractivity contribution in [1.29, 1.82) is 0 Å². The van der Waals surface area contributed by atoms with Crippen LogP contribution >= 0.6 is 0 Å². The number of urea groups is 1. The standard InChI is InChI=1S/C26H32N4O3/c1-4-29-14-6-9-22(29)17-30(26(32)27-21-10-12-23(33-3)13-11-21)16-20-15-19-8-5-7-18(2)24(19)28-25(20)31/h5,7-8,10-13,15,22H,4,6,9,14,16-17H2,1-3H3,(H,27,32)(H,28,31). The van der Waals surface area contributed by atoms with Crippen molar-refractivity contribution in [2.75, 3.05) is 32.1 Å². The third-order valence-corrected chi connectivity index (χ3v) is 6.49. The summed E-state index contributed by atoms with van der Waals surface area (Å²) in [6.45, 7) is 6.94. The van der Waals surface area contributed by atoms with E-state index < -0.39 is 0 Å². The van der Waals surface area contributed by atoms with Crippen molar-refractivity contribution in [3.63, 3.8) is 0 Å². The van der Waals surface area contributed by atoms with E-state index >= 15 is 0 Å². The van der Waals surface area contributed by atoms with Crippen LogP contribution in [0.2, 0.25) is 0 Å². The maximum atomic E-state index is 13.3. The third kappa shape index (κ3) is 5.20. The van der Waals surface area contributed by atoms with Crippen LogP contribution in [0.1, 0.15) is 30.9 Å². The van der Waals surface area contributed by atoms with Gasteiger partial charge < -0.3 is 19.9 Å². The number of benzene rings is 2. The normalized spacial score (nSPS) is 16.2. The summed E-state index contributed by atoms with van der Waals surface area (Å²) >= 11 is 0. The number of aromatic amines is 1. The molecule has 1 atom stereocenters. The van der Waals surface area contributed by atoms with Crippen molar-refractivity contribution >= 4 is 22.6 Å². The van der Waals surface area contributed by atoms with Crippen LogP contribution in [0.4, 0.5) is 10.5 Å². The Hall–Kier alpha value is -3.32. The number of nitrogens with zero attached hydrogens (tertiary/aromatic N) is 2. The molecular formula is C26H32N4O3. The van der Waals surface area contributed by atoms with Gasteiger partial charge in [0, 0.05) is 23.8 Å². The van der Waals surface area contributed by atoms with Crippen LogP contribution in [-0.2, 0) is 6.54 Å². The molecule has 0 saturated carbocycles. The zero-order valence-electron chi connectivity index (χ0n) is 19.6. The van der Waals surface area contributed by atoms with Crippen LogP contribution in [0.5, 0.6) is 5.75 Å². The highest BCUT2D eigenvalue weighted by atomic mass is 16.5. The van der Waals surface area contributed by atoms with E-state index in [2.05, 4.69) is 22.1 Å². The molecule has 1 saturated heterocycles. The summed E-state index contributed by atoms with van der Waals surface area (Å²) in [6.07, 6.45) is 2.18. The average molecular weight is 449 g/mol. The highest BCUT2D eigenvalue weighted by Gasteiger charge is 2.28. The zero-order valence-corrected chi connectivity index (χ0v) is 19.6. The molecule has 1 fully saturated rings.